The van der Waals surface area contributed by atoms with E-state index in [0.29, 0.717) is 17.7 Å². The number of benzene rings is 11. The number of nitrogens with zero attached hydrogens (tertiary/aromatic N) is 8. The SMILES string of the molecule is c1cc(-c2nc(-n3c4ccccc4c4ccccc43)nc(-n3c4ccccc4c4ccccc43)n2)cc([Si](n2c3ccccc3c3ccccc32)(n2c3ccccc3c3ccccc32)n2c3ccccc3c3ccccc32)c1. The summed E-state index contributed by atoms with van der Waals surface area (Å²) >= 11 is 0. The van der Waals surface area contributed by atoms with E-state index in [0.717, 1.165) is 87.5 Å². The van der Waals surface area contributed by atoms with E-state index in [1.54, 1.807) is 0 Å². The fraction of sp³-hybridized carbons (Fsp3) is 0. The minimum absolute atomic E-state index is 0.537. The highest BCUT2D eigenvalue weighted by atomic mass is 28.4. The van der Waals surface area contributed by atoms with Crippen molar-refractivity contribution in [2.45, 2.75) is 0 Å². The summed E-state index contributed by atoms with van der Waals surface area (Å²) in [6.07, 6.45) is 0. The molecule has 0 fully saturated rings. The summed E-state index contributed by atoms with van der Waals surface area (Å²) in [6, 6.07) is 97.4. The lowest BCUT2D eigenvalue weighted by Crippen LogP contribution is -2.66. The third-order valence-electron chi connectivity index (χ3n) is 16.4. The Kier molecular flexibility index (Phi) is 8.99. The molecule has 6 aromatic heterocycles. The molecule has 11 aromatic carbocycles. The summed E-state index contributed by atoms with van der Waals surface area (Å²) in [5.41, 5.74) is 11.9. The minimum atomic E-state index is -3.90. The Bertz CT molecular complexity index is 4650. The Hall–Kier alpha value is -10.4. The number of aromatic nitrogens is 8. The van der Waals surface area contributed by atoms with Crippen LogP contribution in [0.4, 0.5) is 0 Å². The molecule has 0 aliphatic rings. The molecule has 0 saturated carbocycles. The largest absolute Gasteiger partial charge is 0.428 e. The Morgan fingerprint density at radius 2 is 0.474 bits per heavy atom. The molecule has 6 heterocycles. The zero-order valence-corrected chi connectivity index (χ0v) is 43.0. The molecule has 78 heavy (non-hydrogen) atoms. The second-order valence-electron chi connectivity index (χ2n) is 20.3. The Morgan fingerprint density at radius 3 is 0.756 bits per heavy atom. The van der Waals surface area contributed by atoms with Crippen molar-refractivity contribution in [2.75, 3.05) is 0 Å². The quantitative estimate of drug-likeness (QED) is 0.149. The monoisotopic (exact) mass is 1010 g/mol. The topological polar surface area (TPSA) is 63.3 Å². The molecule has 0 N–H and O–H groups in total. The molecule has 0 bridgehead atoms. The first-order chi connectivity index (χ1) is 38.7. The van der Waals surface area contributed by atoms with Crippen molar-refractivity contribution in [3.8, 4) is 23.3 Å². The average Bonchev–Trinajstić information content (AvgIpc) is 4.49. The maximum absolute atomic E-state index is 5.65. The van der Waals surface area contributed by atoms with Gasteiger partial charge in [0.2, 0.25) is 11.9 Å². The third-order valence-corrected chi connectivity index (χ3v) is 20.8. The third kappa shape index (κ3) is 5.79. The molecule has 0 radical (unpaired) electrons. The van der Waals surface area contributed by atoms with E-state index < -0.39 is 8.56 Å². The van der Waals surface area contributed by atoms with Crippen LogP contribution in [-0.4, -0.2) is 45.3 Å². The zero-order valence-electron chi connectivity index (χ0n) is 42.0. The molecular formula is C69H44N8Si. The maximum atomic E-state index is 5.65. The number of hydrogen-bond acceptors (Lipinski definition) is 3. The summed E-state index contributed by atoms with van der Waals surface area (Å²) in [5.74, 6) is 1.64. The lowest BCUT2D eigenvalue weighted by Gasteiger charge is -2.39. The minimum Gasteiger partial charge on any atom is -0.328 e. The zero-order chi connectivity index (χ0) is 51.1. The first-order valence-electron chi connectivity index (χ1n) is 26.5. The normalized spacial score (nSPS) is 12.4. The molecule has 0 amide bonds. The van der Waals surface area contributed by atoms with E-state index in [1.807, 2.05) is 0 Å². The molecule has 0 saturated heterocycles. The van der Waals surface area contributed by atoms with E-state index in [9.17, 15) is 0 Å². The Balaban J connectivity index is 1.06. The number of hydrogen-bond donors (Lipinski definition) is 0. The smallest absolute Gasteiger partial charge is 0.328 e. The predicted octanol–water partition coefficient (Wildman–Crippen LogP) is 15.8. The summed E-state index contributed by atoms with van der Waals surface area (Å²) in [5, 5.41) is 12.9. The van der Waals surface area contributed by atoms with E-state index in [1.165, 1.54) is 32.3 Å². The van der Waals surface area contributed by atoms with Gasteiger partial charge in [0.25, 0.3) is 0 Å². The summed E-state index contributed by atoms with van der Waals surface area (Å²) in [6.45, 7) is 0. The van der Waals surface area contributed by atoms with Gasteiger partial charge < -0.3 is 12.7 Å². The molecule has 0 aliphatic heterocycles. The Labute approximate surface area is 447 Å². The van der Waals surface area contributed by atoms with Crippen molar-refractivity contribution in [3.63, 3.8) is 0 Å². The van der Waals surface area contributed by atoms with Gasteiger partial charge in [0.15, 0.2) is 5.82 Å². The predicted molar refractivity (Wildman–Crippen MR) is 324 cm³/mol. The summed E-state index contributed by atoms with van der Waals surface area (Å²) in [7, 11) is -3.90. The first-order valence-corrected chi connectivity index (χ1v) is 28.4. The second-order valence-corrected chi connectivity index (χ2v) is 23.5. The number of rotatable bonds is 7. The molecule has 0 unspecified atom stereocenters. The number of para-hydroxylation sites is 10. The second kappa shape index (κ2) is 16.3. The fourth-order valence-corrected chi connectivity index (χ4v) is 18.5. The molecular weight excluding hydrogens is 969 g/mol. The van der Waals surface area contributed by atoms with Crippen LogP contribution in [0.1, 0.15) is 0 Å². The van der Waals surface area contributed by atoms with Gasteiger partial charge in [-0.1, -0.05) is 200 Å². The molecule has 9 heteroatoms. The molecule has 0 spiro atoms. The molecule has 17 aromatic rings. The van der Waals surface area contributed by atoms with Gasteiger partial charge in [-0.25, -0.2) is 0 Å². The lowest BCUT2D eigenvalue weighted by atomic mass is 10.2. The Morgan fingerprint density at radius 1 is 0.231 bits per heavy atom. The molecule has 0 atom stereocenters. The van der Waals surface area contributed by atoms with Crippen molar-refractivity contribution in [1.82, 2.24) is 36.8 Å². The molecule has 17 rings (SSSR count). The van der Waals surface area contributed by atoms with Gasteiger partial charge in [-0.05, 0) is 66.7 Å². The van der Waals surface area contributed by atoms with Crippen molar-refractivity contribution in [2.24, 2.45) is 0 Å². The van der Waals surface area contributed by atoms with Gasteiger partial charge in [0.05, 0.1) is 22.1 Å². The van der Waals surface area contributed by atoms with Gasteiger partial charge in [-0.3, -0.25) is 9.13 Å². The molecule has 0 aliphatic carbocycles. The van der Waals surface area contributed by atoms with Crippen LogP contribution in [0.25, 0.3) is 132 Å². The standard InChI is InChI=1S/C69H44N8Si/c1-11-34-57-47(24-1)48-25-2-12-35-58(48)73(57)68-70-67(71-69(72-68)74-59-36-13-3-26-49(59)50-27-4-14-37-60(50)74)45-22-21-23-46(44-45)78(75-61-38-15-5-28-51(61)52-29-6-16-39-62(52)75,76-63-40-17-7-30-53(63)54-31-8-18-41-64(54)76)77-65-42-19-9-32-55(65)56-33-10-20-43-66(56)77/h1-44H. The summed E-state index contributed by atoms with van der Waals surface area (Å²) < 4.78 is 12.7. The van der Waals surface area contributed by atoms with Crippen molar-refractivity contribution >= 4 is 123 Å². The van der Waals surface area contributed by atoms with Crippen LogP contribution in [0.5, 0.6) is 0 Å². The highest BCUT2D eigenvalue weighted by Crippen LogP contribution is 2.43. The molecule has 364 valence electrons. The lowest BCUT2D eigenvalue weighted by molar-refractivity contribution is 0.893. The van der Waals surface area contributed by atoms with Crippen LogP contribution in [0.2, 0.25) is 0 Å². The van der Waals surface area contributed by atoms with Crippen molar-refractivity contribution in [1.29, 1.82) is 0 Å². The van der Waals surface area contributed by atoms with Gasteiger partial charge in [0.1, 0.15) is 0 Å². The fourth-order valence-electron chi connectivity index (χ4n) is 13.3. The van der Waals surface area contributed by atoms with Crippen LogP contribution >= 0.6 is 0 Å². The van der Waals surface area contributed by atoms with Gasteiger partial charge in [0, 0.05) is 97.7 Å². The van der Waals surface area contributed by atoms with Crippen LogP contribution in [0.15, 0.2) is 267 Å². The number of fused-ring (bicyclic) bond motifs is 15. The van der Waals surface area contributed by atoms with E-state index in [4.69, 9.17) is 15.0 Å². The van der Waals surface area contributed by atoms with Gasteiger partial charge >= 0.3 is 8.56 Å². The van der Waals surface area contributed by atoms with Crippen LogP contribution in [-0.2, 0) is 0 Å². The first kappa shape index (κ1) is 42.9. The average molecular weight is 1010 g/mol. The van der Waals surface area contributed by atoms with Crippen LogP contribution in [0.3, 0.4) is 0 Å². The van der Waals surface area contributed by atoms with E-state index in [-0.39, 0.29) is 0 Å². The van der Waals surface area contributed by atoms with Crippen molar-refractivity contribution in [3.05, 3.63) is 267 Å². The summed E-state index contributed by atoms with van der Waals surface area (Å²) in [4.78, 5) is 16.8. The van der Waals surface area contributed by atoms with E-state index >= 15 is 0 Å². The van der Waals surface area contributed by atoms with Gasteiger partial charge in [-0.2, -0.15) is 15.0 Å². The van der Waals surface area contributed by atoms with Gasteiger partial charge in [-0.15, -0.1) is 0 Å². The van der Waals surface area contributed by atoms with Crippen LogP contribution in [0, 0.1) is 0 Å². The van der Waals surface area contributed by atoms with Crippen LogP contribution < -0.4 is 5.19 Å². The highest BCUT2D eigenvalue weighted by molar-refractivity contribution is 6.91. The van der Waals surface area contributed by atoms with E-state index in [2.05, 4.69) is 289 Å². The maximum Gasteiger partial charge on any atom is 0.428 e. The van der Waals surface area contributed by atoms with Crippen molar-refractivity contribution < 1.29 is 0 Å². The molecule has 8 nitrogen and oxygen atoms in total. The highest BCUT2D eigenvalue weighted by Gasteiger charge is 2.50.